The third-order valence-corrected chi connectivity index (χ3v) is 6.36. The van der Waals surface area contributed by atoms with Gasteiger partial charge in [0.1, 0.15) is 0 Å². The molecule has 2 aliphatic heterocycles. The summed E-state index contributed by atoms with van der Waals surface area (Å²) in [5.41, 5.74) is 0. The summed E-state index contributed by atoms with van der Waals surface area (Å²) in [6.07, 6.45) is 7.45. The summed E-state index contributed by atoms with van der Waals surface area (Å²) in [6.45, 7) is 4.35. The maximum absolute atomic E-state index is 12.6. The van der Waals surface area contributed by atoms with E-state index in [0.29, 0.717) is 6.04 Å². The molecule has 0 bridgehead atoms. The zero-order valence-electron chi connectivity index (χ0n) is 12.9. The smallest absolute Gasteiger partial charge is 0.246 e. The van der Waals surface area contributed by atoms with Crippen molar-refractivity contribution in [1.82, 2.24) is 9.80 Å². The van der Waals surface area contributed by atoms with Gasteiger partial charge in [0.05, 0.1) is 6.04 Å². The number of nitrogens with zero attached hydrogens (tertiary/aromatic N) is 2. The Balaban J connectivity index is 1.64. The molecule has 2 aliphatic rings. The molecule has 0 radical (unpaired) electrons. The fourth-order valence-corrected chi connectivity index (χ4v) is 4.84. The highest BCUT2D eigenvalue weighted by Crippen LogP contribution is 2.20. The number of amides is 1. The Hall–Kier alpha value is -0.780. The van der Waals surface area contributed by atoms with Crippen LogP contribution in [0.3, 0.4) is 0 Å². The van der Waals surface area contributed by atoms with Gasteiger partial charge in [-0.25, -0.2) is 0 Å². The van der Waals surface area contributed by atoms with Gasteiger partial charge in [0, 0.05) is 29.8 Å². The summed E-state index contributed by atoms with van der Waals surface area (Å²) >= 11 is 3.67. The number of hydrogen-bond donors (Lipinski definition) is 0. The molecule has 3 rings (SSSR count). The van der Waals surface area contributed by atoms with Crippen LogP contribution < -0.4 is 0 Å². The molecule has 0 spiro atoms. The molecule has 0 aliphatic carbocycles. The van der Waals surface area contributed by atoms with Gasteiger partial charge in [-0.2, -0.15) is 11.8 Å². The predicted molar refractivity (Wildman–Crippen MR) is 96.5 cm³/mol. The van der Waals surface area contributed by atoms with Crippen molar-refractivity contribution in [3.05, 3.63) is 28.5 Å². The molecular weight excluding hydrogens is 312 g/mol. The van der Waals surface area contributed by atoms with Gasteiger partial charge in [0.2, 0.25) is 5.91 Å². The van der Waals surface area contributed by atoms with Gasteiger partial charge in [-0.15, -0.1) is 11.3 Å². The van der Waals surface area contributed by atoms with Crippen molar-refractivity contribution in [1.29, 1.82) is 0 Å². The van der Waals surface area contributed by atoms with Crippen molar-refractivity contribution in [2.75, 3.05) is 37.7 Å². The minimum Gasteiger partial charge on any atom is -0.334 e. The topological polar surface area (TPSA) is 23.6 Å². The van der Waals surface area contributed by atoms with Crippen LogP contribution in [0.1, 0.15) is 24.1 Å². The molecule has 1 aromatic rings. The van der Waals surface area contributed by atoms with E-state index >= 15 is 0 Å². The van der Waals surface area contributed by atoms with E-state index in [-0.39, 0.29) is 5.91 Å². The lowest BCUT2D eigenvalue weighted by molar-refractivity contribution is -0.128. The summed E-state index contributed by atoms with van der Waals surface area (Å²) in [5.74, 6) is 2.43. The summed E-state index contributed by atoms with van der Waals surface area (Å²) in [7, 11) is 0. The molecule has 22 heavy (non-hydrogen) atoms. The Morgan fingerprint density at radius 2 is 2.14 bits per heavy atom. The molecular formula is C17H24N2OS2. The van der Waals surface area contributed by atoms with E-state index in [9.17, 15) is 4.79 Å². The molecule has 0 N–H and O–H groups in total. The van der Waals surface area contributed by atoms with Crippen molar-refractivity contribution < 1.29 is 4.79 Å². The quantitative estimate of drug-likeness (QED) is 0.789. The second-order valence-corrected chi connectivity index (χ2v) is 8.10. The number of rotatable bonds is 4. The normalized spacial score (nSPS) is 24.0. The van der Waals surface area contributed by atoms with E-state index in [1.165, 1.54) is 31.7 Å². The molecule has 0 unspecified atom stereocenters. The van der Waals surface area contributed by atoms with E-state index in [1.54, 1.807) is 17.4 Å². The molecule has 2 saturated heterocycles. The van der Waals surface area contributed by atoms with Crippen molar-refractivity contribution in [3.63, 3.8) is 0 Å². The van der Waals surface area contributed by atoms with Gasteiger partial charge >= 0.3 is 0 Å². The van der Waals surface area contributed by atoms with Gasteiger partial charge in [0.15, 0.2) is 0 Å². The van der Waals surface area contributed by atoms with Crippen LogP contribution in [0, 0.1) is 0 Å². The van der Waals surface area contributed by atoms with Gasteiger partial charge in [-0.1, -0.05) is 6.07 Å². The van der Waals surface area contributed by atoms with Gasteiger partial charge in [0.25, 0.3) is 0 Å². The molecule has 0 saturated carbocycles. The molecule has 120 valence electrons. The number of thioether (sulfide) groups is 1. The highest BCUT2D eigenvalue weighted by molar-refractivity contribution is 7.99. The summed E-state index contributed by atoms with van der Waals surface area (Å²) < 4.78 is 0. The van der Waals surface area contributed by atoms with Crippen LogP contribution >= 0.6 is 23.1 Å². The second-order valence-electron chi connectivity index (χ2n) is 5.97. The minimum absolute atomic E-state index is 0.181. The monoisotopic (exact) mass is 336 g/mol. The lowest BCUT2D eigenvalue weighted by atomic mass is 10.2. The fourth-order valence-electron chi connectivity index (χ4n) is 3.17. The average molecular weight is 337 g/mol. The van der Waals surface area contributed by atoms with E-state index in [2.05, 4.69) is 15.9 Å². The molecule has 0 aromatic carbocycles. The Morgan fingerprint density at radius 1 is 1.27 bits per heavy atom. The predicted octanol–water partition coefficient (Wildman–Crippen LogP) is 3.19. The maximum atomic E-state index is 12.6. The first kappa shape index (κ1) is 16.1. The largest absolute Gasteiger partial charge is 0.334 e. The zero-order chi connectivity index (χ0) is 15.2. The van der Waals surface area contributed by atoms with Crippen molar-refractivity contribution >= 4 is 35.1 Å². The first-order valence-corrected chi connectivity index (χ1v) is 10.2. The average Bonchev–Trinajstić information content (AvgIpc) is 3.16. The first-order chi connectivity index (χ1) is 10.8. The Bertz CT molecular complexity index is 495. The third-order valence-electron chi connectivity index (χ3n) is 4.32. The van der Waals surface area contributed by atoms with Crippen LogP contribution in [-0.2, 0) is 4.79 Å². The minimum atomic E-state index is 0.181. The highest BCUT2D eigenvalue weighted by atomic mass is 32.2. The van der Waals surface area contributed by atoms with Crippen LogP contribution in [0.4, 0.5) is 0 Å². The van der Waals surface area contributed by atoms with Crippen LogP contribution in [0.2, 0.25) is 0 Å². The van der Waals surface area contributed by atoms with Gasteiger partial charge < -0.3 is 9.80 Å². The third kappa shape index (κ3) is 4.37. The lowest BCUT2D eigenvalue weighted by Gasteiger charge is -2.32. The fraction of sp³-hybridized carbons (Fsp3) is 0.588. The SMILES string of the molecule is O=C(/C=C/c1cccs1)N1CCCSC[C@H]1CN1CCCC1. The molecule has 2 fully saturated rings. The Morgan fingerprint density at radius 3 is 2.91 bits per heavy atom. The number of thiophene rings is 1. The maximum Gasteiger partial charge on any atom is 0.246 e. The molecule has 5 heteroatoms. The van der Waals surface area contributed by atoms with Gasteiger partial charge in [-0.3, -0.25) is 4.79 Å². The Labute approximate surface area is 141 Å². The van der Waals surface area contributed by atoms with Crippen LogP contribution in [-0.4, -0.2) is 59.4 Å². The second kappa shape index (κ2) is 8.18. The lowest BCUT2D eigenvalue weighted by Crippen LogP contribution is -2.47. The van der Waals surface area contributed by atoms with Crippen LogP contribution in [0.25, 0.3) is 6.08 Å². The van der Waals surface area contributed by atoms with E-state index in [0.717, 1.165) is 30.1 Å². The molecule has 1 atom stereocenters. The summed E-state index contributed by atoms with van der Waals surface area (Å²) in [6, 6.07) is 4.44. The number of carbonyl (C=O) groups excluding carboxylic acids is 1. The number of hydrogen-bond acceptors (Lipinski definition) is 4. The summed E-state index contributed by atoms with van der Waals surface area (Å²) in [4.78, 5) is 18.4. The highest BCUT2D eigenvalue weighted by Gasteiger charge is 2.27. The number of likely N-dealkylation sites (tertiary alicyclic amines) is 1. The van der Waals surface area contributed by atoms with Crippen LogP contribution in [0.15, 0.2) is 23.6 Å². The van der Waals surface area contributed by atoms with Gasteiger partial charge in [-0.05, 0) is 55.6 Å². The van der Waals surface area contributed by atoms with E-state index in [1.807, 2.05) is 29.3 Å². The van der Waals surface area contributed by atoms with Crippen LogP contribution in [0.5, 0.6) is 0 Å². The standard InChI is InChI=1S/C17H24N2OS2/c20-17(7-6-16-5-3-12-22-16)19-10-4-11-21-14-15(19)13-18-8-1-2-9-18/h3,5-7,12,15H,1-2,4,8-11,13-14H2/b7-6+/t15-/m1/s1. The molecule has 3 heterocycles. The molecule has 1 amide bonds. The molecule has 1 aromatic heterocycles. The number of carbonyl (C=O) groups is 1. The van der Waals surface area contributed by atoms with E-state index in [4.69, 9.17) is 0 Å². The van der Waals surface area contributed by atoms with Crippen molar-refractivity contribution in [3.8, 4) is 0 Å². The van der Waals surface area contributed by atoms with E-state index < -0.39 is 0 Å². The molecule has 3 nitrogen and oxygen atoms in total. The first-order valence-electron chi connectivity index (χ1n) is 8.15. The summed E-state index contributed by atoms with van der Waals surface area (Å²) in [5, 5.41) is 2.04. The van der Waals surface area contributed by atoms with Crippen molar-refractivity contribution in [2.24, 2.45) is 0 Å². The van der Waals surface area contributed by atoms with Crippen molar-refractivity contribution in [2.45, 2.75) is 25.3 Å². The zero-order valence-corrected chi connectivity index (χ0v) is 14.6. The Kier molecular flexibility index (Phi) is 5.98.